The third-order valence-corrected chi connectivity index (χ3v) is 9.30. The highest BCUT2D eigenvalue weighted by atomic mass is 32.1. The lowest BCUT2D eigenvalue weighted by Gasteiger charge is -2.55. The van der Waals surface area contributed by atoms with Gasteiger partial charge in [0.25, 0.3) is 0 Å². The number of hydrogen-bond acceptors (Lipinski definition) is 4. The molecular weight excluding hydrogens is 362 g/mol. The highest BCUT2D eigenvalue weighted by Gasteiger charge is 2.50. The summed E-state index contributed by atoms with van der Waals surface area (Å²) in [6.45, 7) is 18.3. The van der Waals surface area contributed by atoms with E-state index in [-0.39, 0.29) is 0 Å². The molecule has 4 rings (SSSR count). The van der Waals surface area contributed by atoms with Crippen molar-refractivity contribution < 1.29 is 0 Å². The van der Waals surface area contributed by atoms with E-state index in [9.17, 15) is 0 Å². The summed E-state index contributed by atoms with van der Waals surface area (Å²) in [4.78, 5) is 10.3. The predicted molar refractivity (Wildman–Crippen MR) is 121 cm³/mol. The Morgan fingerprint density at radius 3 is 2.36 bits per heavy atom. The van der Waals surface area contributed by atoms with E-state index in [0.29, 0.717) is 16.7 Å². The average molecular weight is 404 g/mol. The number of fused-ring (bicyclic) bond motifs is 1. The number of anilines is 1. The van der Waals surface area contributed by atoms with E-state index < -0.39 is 0 Å². The van der Waals surface area contributed by atoms with E-state index >= 15 is 0 Å². The summed E-state index contributed by atoms with van der Waals surface area (Å²) in [6.07, 6.45) is 8.14. The number of rotatable bonds is 4. The first-order valence-corrected chi connectivity index (χ1v) is 12.6. The molecule has 0 spiro atoms. The van der Waals surface area contributed by atoms with Crippen molar-refractivity contribution in [3.05, 3.63) is 11.1 Å². The van der Waals surface area contributed by atoms with E-state index in [1.807, 2.05) is 11.3 Å². The summed E-state index contributed by atoms with van der Waals surface area (Å²) >= 11 is 1.89. The van der Waals surface area contributed by atoms with Gasteiger partial charge in [0.15, 0.2) is 5.13 Å². The van der Waals surface area contributed by atoms with Crippen molar-refractivity contribution in [2.75, 3.05) is 37.6 Å². The molecule has 3 fully saturated rings. The molecule has 3 nitrogen and oxygen atoms in total. The molecule has 0 aromatic carbocycles. The Morgan fingerprint density at radius 2 is 1.68 bits per heavy atom. The molecule has 0 amide bonds. The topological polar surface area (TPSA) is 19.4 Å². The summed E-state index contributed by atoms with van der Waals surface area (Å²) in [5.74, 6) is 2.44. The van der Waals surface area contributed by atoms with E-state index in [4.69, 9.17) is 4.98 Å². The van der Waals surface area contributed by atoms with Crippen LogP contribution in [-0.2, 0) is 0 Å². The van der Waals surface area contributed by atoms with Gasteiger partial charge >= 0.3 is 0 Å². The van der Waals surface area contributed by atoms with Crippen LogP contribution >= 0.6 is 11.3 Å². The largest absolute Gasteiger partial charge is 0.346 e. The summed E-state index contributed by atoms with van der Waals surface area (Å²) in [7, 11) is 0. The Balaban J connectivity index is 1.42. The fourth-order valence-electron chi connectivity index (χ4n) is 6.34. The van der Waals surface area contributed by atoms with Gasteiger partial charge in [-0.3, -0.25) is 4.90 Å². The van der Waals surface area contributed by atoms with Crippen molar-refractivity contribution in [1.82, 2.24) is 9.88 Å². The molecule has 1 aliphatic heterocycles. The summed E-state index contributed by atoms with van der Waals surface area (Å²) in [5.41, 5.74) is 2.41. The molecule has 2 heterocycles. The first kappa shape index (κ1) is 20.7. The Morgan fingerprint density at radius 1 is 1.00 bits per heavy atom. The lowest BCUT2D eigenvalue weighted by Crippen LogP contribution is -2.47. The van der Waals surface area contributed by atoms with Gasteiger partial charge in [0, 0.05) is 37.5 Å². The standard InChI is InChI=1S/C24H41N3S/c1-6-11-26-12-14-27(15-13-26)22-25-21(17-28-22)18-7-8-19-20(16-18)24(4,5)10-9-23(19,2)3/h17-20H,6-16H2,1-5H3. The summed E-state index contributed by atoms with van der Waals surface area (Å²) in [6, 6.07) is 0. The number of thiazole rings is 1. The van der Waals surface area contributed by atoms with Gasteiger partial charge in [-0.2, -0.15) is 0 Å². The van der Waals surface area contributed by atoms with Crippen LogP contribution in [0, 0.1) is 22.7 Å². The van der Waals surface area contributed by atoms with E-state index in [1.54, 1.807) is 0 Å². The molecule has 3 atom stereocenters. The minimum atomic E-state index is 0.493. The quantitative estimate of drug-likeness (QED) is 0.612. The van der Waals surface area contributed by atoms with Crippen LogP contribution in [0.1, 0.15) is 84.8 Å². The van der Waals surface area contributed by atoms with Gasteiger partial charge in [0.2, 0.25) is 0 Å². The fraction of sp³-hybridized carbons (Fsp3) is 0.875. The predicted octanol–water partition coefficient (Wildman–Crippen LogP) is 6.02. The lowest BCUT2D eigenvalue weighted by molar-refractivity contribution is -0.0501. The maximum atomic E-state index is 5.18. The Labute approximate surface area is 176 Å². The summed E-state index contributed by atoms with van der Waals surface area (Å²) in [5, 5.41) is 3.66. The number of hydrogen-bond donors (Lipinski definition) is 0. The number of nitrogens with zero attached hydrogens (tertiary/aromatic N) is 3. The first-order chi connectivity index (χ1) is 13.3. The minimum Gasteiger partial charge on any atom is -0.346 e. The molecule has 4 heteroatoms. The second kappa shape index (κ2) is 7.91. The van der Waals surface area contributed by atoms with Gasteiger partial charge in [0.05, 0.1) is 5.69 Å². The van der Waals surface area contributed by atoms with Crippen LogP contribution in [0.4, 0.5) is 5.13 Å². The van der Waals surface area contributed by atoms with Crippen LogP contribution in [0.5, 0.6) is 0 Å². The van der Waals surface area contributed by atoms with Crippen molar-refractivity contribution in [1.29, 1.82) is 0 Å². The van der Waals surface area contributed by atoms with Gasteiger partial charge in [-0.15, -0.1) is 11.3 Å². The van der Waals surface area contributed by atoms with Gasteiger partial charge in [-0.25, -0.2) is 4.98 Å². The highest BCUT2D eigenvalue weighted by Crippen LogP contribution is 2.59. The van der Waals surface area contributed by atoms with Crippen LogP contribution < -0.4 is 4.90 Å². The van der Waals surface area contributed by atoms with Crippen molar-refractivity contribution in [3.63, 3.8) is 0 Å². The number of piperazine rings is 1. The molecule has 158 valence electrons. The highest BCUT2D eigenvalue weighted by molar-refractivity contribution is 7.13. The monoisotopic (exact) mass is 403 g/mol. The zero-order valence-electron chi connectivity index (χ0n) is 18.8. The third kappa shape index (κ3) is 4.01. The Hall–Kier alpha value is -0.610. The molecule has 0 bridgehead atoms. The van der Waals surface area contributed by atoms with Gasteiger partial charge in [-0.05, 0) is 67.7 Å². The van der Waals surface area contributed by atoms with Crippen molar-refractivity contribution in [2.24, 2.45) is 22.7 Å². The molecule has 2 saturated carbocycles. The zero-order valence-corrected chi connectivity index (χ0v) is 19.7. The molecule has 28 heavy (non-hydrogen) atoms. The molecular formula is C24H41N3S. The van der Waals surface area contributed by atoms with Gasteiger partial charge in [-0.1, -0.05) is 34.6 Å². The summed E-state index contributed by atoms with van der Waals surface area (Å²) < 4.78 is 0. The van der Waals surface area contributed by atoms with Crippen molar-refractivity contribution in [3.8, 4) is 0 Å². The van der Waals surface area contributed by atoms with Crippen molar-refractivity contribution >= 4 is 16.5 Å². The van der Waals surface area contributed by atoms with Crippen LogP contribution in [0.15, 0.2) is 5.38 Å². The Kier molecular flexibility index (Phi) is 5.83. The molecule has 0 radical (unpaired) electrons. The second-order valence-corrected chi connectivity index (χ2v) is 11.9. The molecule has 3 aliphatic rings. The van der Waals surface area contributed by atoms with Gasteiger partial charge in [0.1, 0.15) is 0 Å². The van der Waals surface area contributed by atoms with E-state index in [2.05, 4.69) is 49.8 Å². The zero-order chi connectivity index (χ0) is 19.9. The molecule has 1 aromatic heterocycles. The molecule has 0 N–H and O–H groups in total. The minimum absolute atomic E-state index is 0.493. The molecule has 1 saturated heterocycles. The molecule has 1 aromatic rings. The first-order valence-electron chi connectivity index (χ1n) is 11.7. The van der Waals surface area contributed by atoms with E-state index in [1.165, 1.54) is 69.0 Å². The molecule has 2 aliphatic carbocycles. The molecule has 3 unspecified atom stereocenters. The van der Waals surface area contributed by atoms with Crippen LogP contribution in [0.2, 0.25) is 0 Å². The van der Waals surface area contributed by atoms with Crippen molar-refractivity contribution in [2.45, 2.75) is 79.1 Å². The smallest absolute Gasteiger partial charge is 0.185 e. The SMILES string of the molecule is CCCN1CCN(c2nc(C3CCC4C(C3)C(C)(C)CCC4(C)C)cs2)CC1. The van der Waals surface area contributed by atoms with Crippen LogP contribution in [0.25, 0.3) is 0 Å². The van der Waals surface area contributed by atoms with Gasteiger partial charge < -0.3 is 4.90 Å². The Bertz CT molecular complexity index is 657. The average Bonchev–Trinajstić information content (AvgIpc) is 3.16. The fourth-order valence-corrected chi connectivity index (χ4v) is 7.30. The lowest BCUT2D eigenvalue weighted by atomic mass is 9.49. The second-order valence-electron chi connectivity index (χ2n) is 11.1. The van der Waals surface area contributed by atoms with E-state index in [0.717, 1.165) is 24.9 Å². The number of aromatic nitrogens is 1. The van der Waals surface area contributed by atoms with Crippen LogP contribution in [-0.4, -0.2) is 42.6 Å². The van der Waals surface area contributed by atoms with Crippen LogP contribution in [0.3, 0.4) is 0 Å². The normalized spacial score (nSPS) is 32.9. The maximum Gasteiger partial charge on any atom is 0.185 e. The maximum absolute atomic E-state index is 5.18. The third-order valence-electron chi connectivity index (χ3n) is 8.38.